The molecule has 5 aromatic rings. The van der Waals surface area contributed by atoms with E-state index < -0.39 is 34.6 Å². The fourth-order valence-electron chi connectivity index (χ4n) is 6.00. The summed E-state index contributed by atoms with van der Waals surface area (Å²) in [5, 5.41) is 14.6. The second-order valence-electron chi connectivity index (χ2n) is 11.4. The maximum Gasteiger partial charge on any atom is 0.417 e. The Morgan fingerprint density at radius 3 is 2.43 bits per heavy atom. The molecule has 0 aliphatic carbocycles. The largest absolute Gasteiger partial charge is 0.496 e. The van der Waals surface area contributed by atoms with Crippen LogP contribution in [0.25, 0.3) is 39.1 Å². The van der Waals surface area contributed by atoms with Gasteiger partial charge >= 0.3 is 6.18 Å². The number of carbonyl (C=O) groups excluding carboxylic acids is 1. The molecule has 0 atom stereocenters. The molecule has 3 heterocycles. The van der Waals surface area contributed by atoms with Crippen LogP contribution in [-0.4, -0.2) is 62.5 Å². The van der Waals surface area contributed by atoms with Gasteiger partial charge in [0.15, 0.2) is 5.65 Å². The predicted octanol–water partition coefficient (Wildman–Crippen LogP) is 5.20. The molecule has 3 aromatic carbocycles. The van der Waals surface area contributed by atoms with Crippen LogP contribution in [0.4, 0.5) is 23.4 Å². The molecule has 6 rings (SSSR count). The number of carbonyl (C=O) groups is 1. The molecular formula is C33H31F4N7O3. The first-order valence-corrected chi connectivity index (χ1v) is 14.8. The van der Waals surface area contributed by atoms with Crippen LogP contribution in [0.5, 0.6) is 5.75 Å². The third-order valence-corrected chi connectivity index (χ3v) is 8.50. The highest BCUT2D eigenvalue weighted by atomic mass is 19.4. The number of nitrogen functional groups attached to an aromatic ring is 1. The van der Waals surface area contributed by atoms with Crippen molar-refractivity contribution in [3.8, 4) is 33.8 Å². The molecule has 1 fully saturated rings. The lowest BCUT2D eigenvalue weighted by molar-refractivity contribution is -0.137. The topological polar surface area (TPSA) is 145 Å². The van der Waals surface area contributed by atoms with Crippen molar-refractivity contribution in [3.63, 3.8) is 0 Å². The van der Waals surface area contributed by atoms with Gasteiger partial charge in [-0.05, 0) is 73.8 Å². The van der Waals surface area contributed by atoms with Gasteiger partial charge in [-0.1, -0.05) is 18.2 Å². The van der Waals surface area contributed by atoms with Crippen LogP contribution >= 0.6 is 0 Å². The van der Waals surface area contributed by atoms with E-state index in [0.29, 0.717) is 46.0 Å². The minimum Gasteiger partial charge on any atom is -0.496 e. The zero-order valence-corrected chi connectivity index (χ0v) is 25.3. The lowest BCUT2D eigenvalue weighted by Gasteiger charge is -2.31. The quantitative estimate of drug-likeness (QED) is 0.195. The van der Waals surface area contributed by atoms with Crippen molar-refractivity contribution in [3.05, 3.63) is 83.4 Å². The summed E-state index contributed by atoms with van der Waals surface area (Å²) in [6.45, 7) is 2.82. The summed E-state index contributed by atoms with van der Waals surface area (Å²) in [5.41, 5.74) is 11.3. The summed E-state index contributed by atoms with van der Waals surface area (Å²) in [5.74, 6) is -2.26. The number of aliphatic hydroxyl groups is 1. The Hall–Kier alpha value is -5.08. The maximum absolute atomic E-state index is 15.5. The Kier molecular flexibility index (Phi) is 8.55. The third-order valence-electron chi connectivity index (χ3n) is 8.50. The highest BCUT2D eigenvalue weighted by molar-refractivity contribution is 6.00. The van der Waals surface area contributed by atoms with E-state index in [2.05, 4.69) is 14.9 Å². The summed E-state index contributed by atoms with van der Waals surface area (Å²) in [6.07, 6.45) is -1.71. The fraction of sp³-hybridized carbons (Fsp3) is 0.273. The van der Waals surface area contributed by atoms with E-state index in [9.17, 15) is 23.1 Å². The van der Waals surface area contributed by atoms with Gasteiger partial charge in [-0.3, -0.25) is 9.69 Å². The van der Waals surface area contributed by atoms with Gasteiger partial charge in [0, 0.05) is 29.8 Å². The molecule has 1 saturated heterocycles. The summed E-state index contributed by atoms with van der Waals surface area (Å²) in [4.78, 5) is 22.7. The van der Waals surface area contributed by atoms with Crippen molar-refractivity contribution >= 4 is 22.8 Å². The summed E-state index contributed by atoms with van der Waals surface area (Å²) in [6, 6.07) is 13.2. The number of nitrogens with two attached hydrogens (primary N) is 2. The van der Waals surface area contributed by atoms with Gasteiger partial charge in [-0.15, -0.1) is 0 Å². The maximum atomic E-state index is 15.5. The molecule has 2 aromatic heterocycles. The van der Waals surface area contributed by atoms with Gasteiger partial charge in [-0.25, -0.2) is 19.0 Å². The molecule has 14 heteroatoms. The number of piperidine rings is 1. The van der Waals surface area contributed by atoms with Crippen molar-refractivity contribution in [2.24, 2.45) is 11.7 Å². The monoisotopic (exact) mass is 649 g/mol. The number of aliphatic hydroxyl groups excluding tert-OH is 1. The number of likely N-dealkylation sites (tertiary alicyclic amines) is 1. The minimum atomic E-state index is -4.94. The average Bonchev–Trinajstić information content (AvgIpc) is 3.45. The molecule has 10 nitrogen and oxygen atoms in total. The molecule has 244 valence electrons. The Morgan fingerprint density at radius 1 is 1.06 bits per heavy atom. The lowest BCUT2D eigenvalue weighted by Crippen LogP contribution is -2.34. The number of anilines is 1. The standard InChI is InChI=1S/C33H31F4N7O3/c1-47-25-14-20(4-7-22(25)26-24(33(35,36)37)9-8-23(28(26)34)31(39)46)29-27-30(38)40-17-41-32(27)44(42-29)21-5-2-18(3-6-21)15-43-12-10-19(16-45)11-13-43/h2-9,14,17,19,45H,10-13,15-16H2,1H3,(H2,39,46)(H2,38,40,41). The number of alkyl halides is 3. The van der Waals surface area contributed by atoms with E-state index in [-0.39, 0.29) is 23.7 Å². The highest BCUT2D eigenvalue weighted by Crippen LogP contribution is 2.44. The predicted molar refractivity (Wildman–Crippen MR) is 167 cm³/mol. The Labute approximate surface area is 266 Å². The van der Waals surface area contributed by atoms with Gasteiger partial charge in [0.1, 0.15) is 29.4 Å². The second kappa shape index (κ2) is 12.6. The SMILES string of the molecule is COc1cc(-c2nn(-c3ccc(CN4CCC(CO)CC4)cc3)c3ncnc(N)c23)ccc1-c1c(C(F)(F)F)ccc(C(N)=O)c1F. The average molecular weight is 650 g/mol. The smallest absolute Gasteiger partial charge is 0.417 e. The summed E-state index contributed by atoms with van der Waals surface area (Å²) in [7, 11) is 1.23. The number of halogens is 4. The number of aromatic nitrogens is 4. The van der Waals surface area contributed by atoms with Gasteiger partial charge in [0.25, 0.3) is 5.91 Å². The van der Waals surface area contributed by atoms with Gasteiger partial charge in [0.2, 0.25) is 0 Å². The first kappa shape index (κ1) is 31.9. The van der Waals surface area contributed by atoms with Crippen molar-refractivity contribution in [1.29, 1.82) is 0 Å². The summed E-state index contributed by atoms with van der Waals surface area (Å²) >= 11 is 0. The first-order valence-electron chi connectivity index (χ1n) is 14.8. The minimum absolute atomic E-state index is 0.112. The Bertz CT molecular complexity index is 1950. The van der Waals surface area contributed by atoms with E-state index >= 15 is 4.39 Å². The van der Waals surface area contributed by atoms with Crippen LogP contribution < -0.4 is 16.2 Å². The number of fused-ring (bicyclic) bond motifs is 1. The number of nitrogens with zero attached hydrogens (tertiary/aromatic N) is 5. The molecule has 0 radical (unpaired) electrons. The molecule has 0 saturated carbocycles. The number of primary amides is 1. The van der Waals surface area contributed by atoms with E-state index in [1.165, 1.54) is 31.6 Å². The van der Waals surface area contributed by atoms with Crippen LogP contribution in [0, 0.1) is 11.7 Å². The molecule has 0 spiro atoms. The van der Waals surface area contributed by atoms with Crippen molar-refractivity contribution in [1.82, 2.24) is 24.6 Å². The molecule has 1 aliphatic heterocycles. The van der Waals surface area contributed by atoms with Gasteiger partial charge < -0.3 is 21.3 Å². The van der Waals surface area contributed by atoms with E-state index in [4.69, 9.17) is 21.3 Å². The van der Waals surface area contributed by atoms with Crippen LogP contribution in [0.2, 0.25) is 0 Å². The molecule has 5 N–H and O–H groups in total. The lowest BCUT2D eigenvalue weighted by atomic mass is 9.93. The van der Waals surface area contributed by atoms with Crippen LogP contribution in [0.3, 0.4) is 0 Å². The molecule has 0 unspecified atom stereocenters. The molecule has 1 aliphatic rings. The van der Waals surface area contributed by atoms with Crippen LogP contribution in [0.1, 0.15) is 34.3 Å². The van der Waals surface area contributed by atoms with Crippen LogP contribution in [0.15, 0.2) is 60.9 Å². The number of hydrogen-bond acceptors (Lipinski definition) is 8. The Morgan fingerprint density at radius 2 is 1.79 bits per heavy atom. The zero-order chi connectivity index (χ0) is 33.5. The molecule has 47 heavy (non-hydrogen) atoms. The number of rotatable bonds is 8. The van der Waals surface area contributed by atoms with Gasteiger partial charge in [-0.2, -0.15) is 18.3 Å². The first-order chi connectivity index (χ1) is 22.5. The van der Waals surface area contributed by atoms with Gasteiger partial charge in [0.05, 0.1) is 29.3 Å². The molecular weight excluding hydrogens is 618 g/mol. The fourth-order valence-corrected chi connectivity index (χ4v) is 6.00. The molecule has 0 bridgehead atoms. The zero-order valence-electron chi connectivity index (χ0n) is 25.3. The highest BCUT2D eigenvalue weighted by Gasteiger charge is 2.37. The van der Waals surface area contributed by atoms with Crippen molar-refractivity contribution in [2.75, 3.05) is 32.5 Å². The number of hydrogen-bond donors (Lipinski definition) is 3. The van der Waals surface area contributed by atoms with E-state index in [1.807, 2.05) is 24.3 Å². The summed E-state index contributed by atoms with van der Waals surface area (Å²) < 4.78 is 64.5. The number of benzene rings is 3. The molecule has 1 amide bonds. The van der Waals surface area contributed by atoms with Crippen molar-refractivity contribution < 1.29 is 32.2 Å². The number of ether oxygens (including phenoxy) is 1. The number of methoxy groups -OCH3 is 1. The van der Waals surface area contributed by atoms with Crippen molar-refractivity contribution in [2.45, 2.75) is 25.6 Å². The van der Waals surface area contributed by atoms with Crippen LogP contribution in [-0.2, 0) is 12.7 Å². The van der Waals surface area contributed by atoms with E-state index in [0.717, 1.165) is 38.0 Å². The third kappa shape index (κ3) is 6.09. The normalized spacial score (nSPS) is 14.5. The second-order valence-corrected chi connectivity index (χ2v) is 11.4. The van der Waals surface area contributed by atoms with E-state index in [1.54, 1.807) is 4.68 Å². The number of amides is 1. The Balaban J connectivity index is 1.40.